The highest BCUT2D eigenvalue weighted by Crippen LogP contribution is 2.35. The molecular formula is C31H38FN7O2. The highest BCUT2D eigenvalue weighted by molar-refractivity contribution is 5.98. The minimum absolute atomic E-state index is 0.128. The monoisotopic (exact) mass is 559 g/mol. The molecule has 0 saturated carbocycles. The van der Waals surface area contributed by atoms with E-state index in [0.717, 1.165) is 52.8 Å². The number of hydrogen-bond donors (Lipinski definition) is 2. The predicted molar refractivity (Wildman–Crippen MR) is 160 cm³/mol. The molecule has 3 atom stereocenters. The van der Waals surface area contributed by atoms with Gasteiger partial charge in [0.25, 0.3) is 0 Å². The number of ether oxygens (including phenoxy) is 1. The standard InChI is InChI=1S/C31H38FN7O2/c1-18-15-26-23(10-11-33-26)27(20(18)3)25-9-8-24-28(34-25)35-31(41-17-22-7-6-12-37(22)5)36-29(24)38-13-14-39(19(2)16-38)30(40)21(4)32/h8-11,15,19,22,30,33,40H,4,6-7,12-14,16-17H2,1-3,5H3. The van der Waals surface area contributed by atoms with Gasteiger partial charge >= 0.3 is 6.01 Å². The first-order chi connectivity index (χ1) is 19.7. The first kappa shape index (κ1) is 27.6. The van der Waals surface area contributed by atoms with Gasteiger partial charge in [-0.15, -0.1) is 0 Å². The van der Waals surface area contributed by atoms with E-state index in [1.54, 1.807) is 4.90 Å². The Morgan fingerprint density at radius 2 is 2.00 bits per heavy atom. The summed E-state index contributed by atoms with van der Waals surface area (Å²) >= 11 is 0. The van der Waals surface area contributed by atoms with Crippen LogP contribution in [-0.2, 0) is 0 Å². The molecular weight excluding hydrogens is 521 g/mol. The summed E-state index contributed by atoms with van der Waals surface area (Å²) in [6, 6.07) is 8.83. The van der Waals surface area contributed by atoms with Crippen LogP contribution >= 0.6 is 0 Å². The molecule has 2 aliphatic heterocycles. The van der Waals surface area contributed by atoms with Gasteiger partial charge in [-0.2, -0.15) is 9.97 Å². The maximum Gasteiger partial charge on any atom is 0.320 e. The second kappa shape index (κ2) is 11.0. The maximum atomic E-state index is 13.7. The van der Waals surface area contributed by atoms with Gasteiger partial charge < -0.3 is 24.6 Å². The number of rotatable bonds is 7. The van der Waals surface area contributed by atoms with Gasteiger partial charge in [0.15, 0.2) is 11.9 Å². The minimum Gasteiger partial charge on any atom is -0.462 e. The molecule has 3 aromatic heterocycles. The number of H-pyrrole nitrogens is 1. The zero-order valence-electron chi connectivity index (χ0n) is 24.2. The molecule has 41 heavy (non-hydrogen) atoms. The molecule has 0 radical (unpaired) electrons. The second-order valence-corrected chi connectivity index (χ2v) is 11.5. The van der Waals surface area contributed by atoms with Crippen molar-refractivity contribution >= 4 is 27.8 Å². The molecule has 2 aliphatic rings. The Morgan fingerprint density at radius 3 is 2.73 bits per heavy atom. The number of nitrogens with one attached hydrogen (secondary N) is 1. The van der Waals surface area contributed by atoms with Gasteiger partial charge in [0.1, 0.15) is 18.3 Å². The molecule has 2 N–H and O–H groups in total. The molecule has 0 spiro atoms. The zero-order chi connectivity index (χ0) is 28.8. The van der Waals surface area contributed by atoms with Crippen molar-refractivity contribution < 1.29 is 14.2 Å². The molecule has 9 nitrogen and oxygen atoms in total. The summed E-state index contributed by atoms with van der Waals surface area (Å²) in [6.45, 7) is 12.6. The van der Waals surface area contributed by atoms with E-state index in [9.17, 15) is 9.50 Å². The number of aliphatic hydroxyl groups is 1. The molecule has 2 saturated heterocycles. The number of benzene rings is 1. The van der Waals surface area contributed by atoms with Crippen molar-refractivity contribution in [3.05, 3.63) is 54.0 Å². The molecule has 2 fully saturated rings. The number of pyridine rings is 1. The Morgan fingerprint density at radius 1 is 1.17 bits per heavy atom. The molecule has 0 bridgehead atoms. The lowest BCUT2D eigenvalue weighted by Gasteiger charge is -2.42. The molecule has 1 aromatic carbocycles. The number of halogens is 1. The number of hydrogen-bond acceptors (Lipinski definition) is 8. The van der Waals surface area contributed by atoms with Gasteiger partial charge in [0, 0.05) is 54.4 Å². The number of aryl methyl sites for hydroxylation is 1. The number of likely N-dealkylation sites (N-methyl/N-ethyl adjacent to an activating group) is 1. The first-order valence-electron chi connectivity index (χ1n) is 14.3. The lowest BCUT2D eigenvalue weighted by molar-refractivity contribution is -0.0129. The van der Waals surface area contributed by atoms with E-state index in [-0.39, 0.29) is 6.04 Å². The van der Waals surface area contributed by atoms with E-state index >= 15 is 0 Å². The van der Waals surface area contributed by atoms with Crippen LogP contribution in [0.2, 0.25) is 0 Å². The smallest absolute Gasteiger partial charge is 0.320 e. The van der Waals surface area contributed by atoms with Crippen LogP contribution in [-0.4, -0.2) is 93.0 Å². The SMILES string of the molecule is C=C(F)C(O)N1CCN(c2nc(OCC3CCCN3C)nc3nc(-c4c(C)c(C)cc5[nH]ccc45)ccc23)CC1C. The van der Waals surface area contributed by atoms with E-state index in [4.69, 9.17) is 19.7 Å². The molecule has 10 heteroatoms. The van der Waals surface area contributed by atoms with Crippen molar-refractivity contribution in [1.29, 1.82) is 0 Å². The van der Waals surface area contributed by atoms with Crippen LogP contribution in [0.5, 0.6) is 6.01 Å². The van der Waals surface area contributed by atoms with Crippen molar-refractivity contribution in [1.82, 2.24) is 29.7 Å². The van der Waals surface area contributed by atoms with E-state index in [1.807, 2.05) is 25.3 Å². The second-order valence-electron chi connectivity index (χ2n) is 11.5. The summed E-state index contributed by atoms with van der Waals surface area (Å²) in [5.74, 6) is -0.0123. The topological polar surface area (TPSA) is 93.6 Å². The van der Waals surface area contributed by atoms with Crippen LogP contribution in [0.1, 0.15) is 30.9 Å². The van der Waals surface area contributed by atoms with Crippen molar-refractivity contribution in [2.24, 2.45) is 0 Å². The third-order valence-electron chi connectivity index (χ3n) is 8.80. The Labute approximate surface area is 239 Å². The average molecular weight is 560 g/mol. The van der Waals surface area contributed by atoms with Gasteiger partial charge in [-0.3, -0.25) is 4.90 Å². The van der Waals surface area contributed by atoms with E-state index in [2.05, 4.69) is 54.4 Å². The van der Waals surface area contributed by atoms with Crippen molar-refractivity contribution in [2.75, 3.05) is 44.7 Å². The third kappa shape index (κ3) is 5.16. The van der Waals surface area contributed by atoms with Crippen LogP contribution in [0.4, 0.5) is 10.2 Å². The fourth-order valence-corrected chi connectivity index (χ4v) is 6.26. The summed E-state index contributed by atoms with van der Waals surface area (Å²) in [4.78, 5) is 24.3. The average Bonchev–Trinajstić information content (AvgIpc) is 3.59. The molecule has 3 unspecified atom stereocenters. The molecule has 5 heterocycles. The normalized spacial score (nSPS) is 21.2. The van der Waals surface area contributed by atoms with Crippen LogP contribution < -0.4 is 9.64 Å². The first-order valence-corrected chi connectivity index (χ1v) is 14.3. The largest absolute Gasteiger partial charge is 0.462 e. The van der Waals surface area contributed by atoms with Gasteiger partial charge in [-0.25, -0.2) is 9.37 Å². The van der Waals surface area contributed by atoms with Crippen molar-refractivity contribution in [3.8, 4) is 17.3 Å². The zero-order valence-corrected chi connectivity index (χ0v) is 24.2. The van der Waals surface area contributed by atoms with Crippen molar-refractivity contribution in [2.45, 2.75) is 51.9 Å². The van der Waals surface area contributed by atoms with Gasteiger partial charge in [-0.1, -0.05) is 6.58 Å². The van der Waals surface area contributed by atoms with E-state index in [1.165, 1.54) is 11.1 Å². The summed E-state index contributed by atoms with van der Waals surface area (Å²) in [7, 11) is 2.12. The summed E-state index contributed by atoms with van der Waals surface area (Å²) in [5.41, 5.74) is 5.94. The highest BCUT2D eigenvalue weighted by atomic mass is 19.1. The number of nitrogens with zero attached hydrogens (tertiary/aromatic N) is 6. The van der Waals surface area contributed by atoms with Crippen LogP contribution in [0.15, 0.2) is 42.9 Å². The lowest BCUT2D eigenvalue weighted by atomic mass is 9.96. The number of aromatic amines is 1. The number of anilines is 1. The third-order valence-corrected chi connectivity index (χ3v) is 8.80. The Bertz CT molecular complexity index is 1600. The van der Waals surface area contributed by atoms with Crippen molar-refractivity contribution in [3.63, 3.8) is 0 Å². The Hall–Kier alpha value is -3.60. The summed E-state index contributed by atoms with van der Waals surface area (Å²) in [5, 5.41) is 12.2. The van der Waals surface area contributed by atoms with Gasteiger partial charge in [0.05, 0.1) is 11.1 Å². The Balaban J connectivity index is 1.41. The van der Waals surface area contributed by atoms with Crippen LogP contribution in [0.25, 0.3) is 33.2 Å². The van der Waals surface area contributed by atoms with E-state index in [0.29, 0.717) is 43.9 Å². The fourth-order valence-electron chi connectivity index (χ4n) is 6.26. The predicted octanol–water partition coefficient (Wildman–Crippen LogP) is 4.58. The lowest BCUT2D eigenvalue weighted by Crippen LogP contribution is -2.56. The van der Waals surface area contributed by atoms with E-state index < -0.39 is 12.1 Å². The number of aliphatic hydroxyl groups excluding tert-OH is 1. The van der Waals surface area contributed by atoms with Gasteiger partial charge in [-0.05, 0) is 82.6 Å². The molecule has 0 amide bonds. The summed E-state index contributed by atoms with van der Waals surface area (Å²) in [6.07, 6.45) is 2.88. The molecule has 6 rings (SSSR count). The van der Waals surface area contributed by atoms with Crippen LogP contribution in [0, 0.1) is 13.8 Å². The molecule has 4 aromatic rings. The summed E-state index contributed by atoms with van der Waals surface area (Å²) < 4.78 is 19.9. The molecule has 216 valence electrons. The quantitative estimate of drug-likeness (QED) is 0.340. The number of likely N-dealkylation sites (tertiary alicyclic amines) is 1. The van der Waals surface area contributed by atoms with Gasteiger partial charge in [0.2, 0.25) is 0 Å². The number of fused-ring (bicyclic) bond motifs is 2. The molecule has 0 aliphatic carbocycles. The Kier molecular flexibility index (Phi) is 7.39. The minimum atomic E-state index is -1.32. The van der Waals surface area contributed by atoms with Crippen LogP contribution in [0.3, 0.4) is 0 Å². The fraction of sp³-hybridized carbons (Fsp3) is 0.452. The maximum absolute atomic E-state index is 13.7. The number of aromatic nitrogens is 4. The highest BCUT2D eigenvalue weighted by Gasteiger charge is 2.32. The number of piperazine rings is 1.